The average Bonchev–Trinajstić information content (AvgIpc) is 2.69. The highest BCUT2D eigenvalue weighted by molar-refractivity contribution is 7.81. The smallest absolute Gasteiger partial charge is 0.0160 e. The zero-order valence-corrected chi connectivity index (χ0v) is 17.4. The monoisotopic (exact) mass is 400 g/mol. The molecule has 0 aromatic heterocycles. The molecule has 0 saturated heterocycles. The van der Waals surface area contributed by atoms with Gasteiger partial charge in [-0.25, -0.2) is 0 Å². The van der Waals surface area contributed by atoms with E-state index in [0.29, 0.717) is 0 Å². The fraction of sp³-hybridized carbons (Fsp3) is 0.143. The van der Waals surface area contributed by atoms with Crippen molar-refractivity contribution in [3.05, 3.63) is 89.5 Å². The van der Waals surface area contributed by atoms with Crippen LogP contribution in [-0.2, 0) is 17.3 Å². The van der Waals surface area contributed by atoms with Crippen molar-refractivity contribution in [2.75, 3.05) is 0 Å². The second kappa shape index (κ2) is 9.19. The van der Waals surface area contributed by atoms with Crippen molar-refractivity contribution in [2.24, 2.45) is 0 Å². The molecule has 0 aliphatic heterocycles. The molecule has 0 fully saturated rings. The van der Waals surface area contributed by atoms with E-state index in [1.165, 1.54) is 32.6 Å². The Morgan fingerprint density at radius 1 is 0.560 bits per heavy atom. The van der Waals surface area contributed by atoms with Gasteiger partial charge in [0.15, 0.2) is 0 Å². The maximum Gasteiger partial charge on any atom is 0.0160 e. The summed E-state index contributed by atoms with van der Waals surface area (Å²) < 4.78 is 0. The Balaban J connectivity index is 2.12. The first kappa shape index (κ1) is 18.9. The summed E-state index contributed by atoms with van der Waals surface area (Å²) in [6.07, 6.45) is 0. The minimum absolute atomic E-state index is 0.606. The molecule has 0 nitrogen and oxygen atoms in total. The molecule has 0 bridgehead atoms. The molecular formula is C21H21PS3. The molecule has 0 aliphatic carbocycles. The lowest BCUT2D eigenvalue weighted by atomic mass is 10.2. The molecule has 0 unspecified atom stereocenters. The van der Waals surface area contributed by atoms with E-state index in [0.717, 1.165) is 17.3 Å². The van der Waals surface area contributed by atoms with Crippen molar-refractivity contribution in [3.8, 4) is 0 Å². The minimum atomic E-state index is -0.606. The summed E-state index contributed by atoms with van der Waals surface area (Å²) in [6, 6.07) is 26.4. The Morgan fingerprint density at radius 3 is 1.48 bits per heavy atom. The van der Waals surface area contributed by atoms with Crippen LogP contribution in [0.2, 0.25) is 0 Å². The molecule has 0 saturated carbocycles. The molecular weight excluding hydrogens is 379 g/mol. The SMILES string of the molecule is SCc1ccc(P(c2ccc(CS)cc2)c2ccccc2CS)cc1. The molecule has 0 aliphatic rings. The van der Waals surface area contributed by atoms with Gasteiger partial charge in [-0.05, 0) is 40.5 Å². The summed E-state index contributed by atoms with van der Waals surface area (Å²) in [5.41, 5.74) is 3.79. The lowest BCUT2D eigenvalue weighted by Crippen LogP contribution is -2.23. The van der Waals surface area contributed by atoms with Crippen LogP contribution in [0.25, 0.3) is 0 Å². The number of benzene rings is 3. The molecule has 0 radical (unpaired) electrons. The molecule has 0 N–H and O–H groups in total. The topological polar surface area (TPSA) is 0 Å². The van der Waals surface area contributed by atoms with Crippen LogP contribution < -0.4 is 15.9 Å². The highest BCUT2D eigenvalue weighted by Crippen LogP contribution is 2.34. The van der Waals surface area contributed by atoms with E-state index in [-0.39, 0.29) is 0 Å². The Morgan fingerprint density at radius 2 is 1.04 bits per heavy atom. The van der Waals surface area contributed by atoms with Gasteiger partial charge in [0.05, 0.1) is 0 Å². The number of hydrogen-bond donors (Lipinski definition) is 3. The van der Waals surface area contributed by atoms with Crippen LogP contribution in [-0.4, -0.2) is 0 Å². The van der Waals surface area contributed by atoms with E-state index in [2.05, 4.69) is 111 Å². The van der Waals surface area contributed by atoms with Gasteiger partial charge in [0.1, 0.15) is 0 Å². The molecule has 3 aromatic rings. The van der Waals surface area contributed by atoms with E-state index in [4.69, 9.17) is 0 Å². The summed E-state index contributed by atoms with van der Waals surface area (Å²) in [6.45, 7) is 0. The first-order chi connectivity index (χ1) is 12.3. The third-order valence-corrected chi connectivity index (χ3v) is 7.78. The predicted octanol–water partition coefficient (Wildman–Crippen LogP) is 4.73. The third kappa shape index (κ3) is 4.46. The summed E-state index contributed by atoms with van der Waals surface area (Å²) in [7, 11) is -0.606. The van der Waals surface area contributed by atoms with Gasteiger partial charge in [0.25, 0.3) is 0 Å². The Hall–Kier alpha value is -0.860. The fourth-order valence-corrected chi connectivity index (χ4v) is 6.04. The van der Waals surface area contributed by atoms with Crippen molar-refractivity contribution in [3.63, 3.8) is 0 Å². The lowest BCUT2D eigenvalue weighted by molar-refractivity contribution is 1.43. The quantitative estimate of drug-likeness (QED) is 0.387. The molecule has 0 spiro atoms. The molecule has 25 heavy (non-hydrogen) atoms. The molecule has 0 heterocycles. The first-order valence-electron chi connectivity index (χ1n) is 8.15. The standard InChI is InChI=1S/C21H21PS3/c23-13-16-5-9-19(10-6-16)22(20-11-7-17(14-24)8-12-20)21-4-2-1-3-18(21)15-25/h1-12,23-25H,13-15H2. The fourth-order valence-electron chi connectivity index (χ4n) is 2.79. The van der Waals surface area contributed by atoms with Crippen LogP contribution in [0.5, 0.6) is 0 Å². The van der Waals surface area contributed by atoms with Crippen LogP contribution in [0.15, 0.2) is 72.8 Å². The second-order valence-corrected chi connectivity index (χ2v) is 8.91. The average molecular weight is 401 g/mol. The van der Waals surface area contributed by atoms with Crippen LogP contribution in [0.3, 0.4) is 0 Å². The van der Waals surface area contributed by atoms with Gasteiger partial charge in [0.2, 0.25) is 0 Å². The van der Waals surface area contributed by atoms with Crippen LogP contribution >= 0.6 is 45.8 Å². The van der Waals surface area contributed by atoms with Gasteiger partial charge in [-0.1, -0.05) is 72.8 Å². The summed E-state index contributed by atoms with van der Waals surface area (Å²) in [4.78, 5) is 0. The summed E-state index contributed by atoms with van der Waals surface area (Å²) in [5, 5.41) is 4.09. The highest BCUT2D eigenvalue weighted by atomic mass is 32.1. The van der Waals surface area contributed by atoms with Crippen LogP contribution in [0.1, 0.15) is 16.7 Å². The lowest BCUT2D eigenvalue weighted by Gasteiger charge is -2.22. The van der Waals surface area contributed by atoms with Gasteiger partial charge in [-0.15, -0.1) is 0 Å². The molecule has 3 aromatic carbocycles. The number of hydrogen-bond acceptors (Lipinski definition) is 3. The number of thiol groups is 3. The normalized spacial score (nSPS) is 11.0. The Bertz CT molecular complexity index is 766. The van der Waals surface area contributed by atoms with Crippen molar-refractivity contribution < 1.29 is 0 Å². The molecule has 0 amide bonds. The van der Waals surface area contributed by atoms with Crippen molar-refractivity contribution in [1.82, 2.24) is 0 Å². The number of rotatable bonds is 6. The predicted molar refractivity (Wildman–Crippen MR) is 123 cm³/mol. The zero-order chi connectivity index (χ0) is 17.6. The van der Waals surface area contributed by atoms with Gasteiger partial charge in [-0.3, -0.25) is 0 Å². The van der Waals surface area contributed by atoms with E-state index >= 15 is 0 Å². The van der Waals surface area contributed by atoms with Gasteiger partial charge in [-0.2, -0.15) is 37.9 Å². The van der Waals surface area contributed by atoms with Crippen LogP contribution in [0, 0.1) is 0 Å². The molecule has 3 rings (SSSR count). The minimum Gasteiger partial charge on any atom is -0.175 e. The Labute approximate surface area is 168 Å². The van der Waals surface area contributed by atoms with Gasteiger partial charge < -0.3 is 0 Å². The largest absolute Gasteiger partial charge is 0.175 e. The summed E-state index contributed by atoms with van der Waals surface area (Å²) in [5.74, 6) is 2.28. The van der Waals surface area contributed by atoms with E-state index < -0.39 is 7.92 Å². The van der Waals surface area contributed by atoms with Crippen molar-refractivity contribution >= 4 is 61.7 Å². The third-order valence-electron chi connectivity index (χ3n) is 4.16. The maximum absolute atomic E-state index is 4.55. The van der Waals surface area contributed by atoms with Gasteiger partial charge in [0, 0.05) is 17.3 Å². The van der Waals surface area contributed by atoms with Crippen molar-refractivity contribution in [1.29, 1.82) is 0 Å². The maximum atomic E-state index is 4.55. The van der Waals surface area contributed by atoms with E-state index in [1.807, 2.05) is 0 Å². The second-order valence-electron chi connectivity index (χ2n) is 5.77. The zero-order valence-electron chi connectivity index (χ0n) is 13.8. The van der Waals surface area contributed by atoms with E-state index in [9.17, 15) is 0 Å². The summed E-state index contributed by atoms with van der Waals surface area (Å²) >= 11 is 13.3. The molecule has 0 atom stereocenters. The highest BCUT2D eigenvalue weighted by Gasteiger charge is 2.19. The molecule has 4 heteroatoms. The molecule has 128 valence electrons. The Kier molecular flexibility index (Phi) is 6.95. The van der Waals surface area contributed by atoms with Crippen molar-refractivity contribution in [2.45, 2.75) is 17.3 Å². The van der Waals surface area contributed by atoms with Gasteiger partial charge >= 0.3 is 0 Å². The first-order valence-corrected chi connectivity index (χ1v) is 11.4. The van der Waals surface area contributed by atoms with Crippen LogP contribution in [0.4, 0.5) is 0 Å². The van der Waals surface area contributed by atoms with E-state index in [1.54, 1.807) is 0 Å².